The van der Waals surface area contributed by atoms with E-state index in [1.807, 2.05) is 18.2 Å². The van der Waals surface area contributed by atoms with E-state index in [1.54, 1.807) is 23.7 Å². The van der Waals surface area contributed by atoms with E-state index in [0.717, 1.165) is 17.2 Å². The lowest BCUT2D eigenvalue weighted by Gasteiger charge is -2.34. The second-order valence-corrected chi connectivity index (χ2v) is 6.98. The normalized spacial score (nSPS) is 18.1. The van der Waals surface area contributed by atoms with Crippen molar-refractivity contribution in [3.63, 3.8) is 0 Å². The largest absolute Gasteiger partial charge is 0.380 e. The lowest BCUT2D eigenvalue weighted by atomic mass is 9.94. The van der Waals surface area contributed by atoms with E-state index in [-0.39, 0.29) is 5.91 Å². The summed E-state index contributed by atoms with van der Waals surface area (Å²) < 4.78 is 0. The molecule has 2 rings (SSSR count). The van der Waals surface area contributed by atoms with Crippen LogP contribution in [0.2, 0.25) is 0 Å². The van der Waals surface area contributed by atoms with Crippen molar-refractivity contribution in [3.05, 3.63) is 29.8 Å². The van der Waals surface area contributed by atoms with Crippen molar-refractivity contribution in [2.75, 3.05) is 23.5 Å². The molecular formula is C16H23NO2S. The van der Waals surface area contributed by atoms with E-state index in [9.17, 15) is 9.90 Å². The van der Waals surface area contributed by atoms with E-state index in [2.05, 4.69) is 19.9 Å². The maximum Gasteiger partial charge on any atom is 0.258 e. The lowest BCUT2D eigenvalue weighted by molar-refractivity contribution is -0.137. The standard InChI is InChI=1S/C16H23NO2S/c1-12(2)13-5-4-6-14(11-13)17(3)15(18)16(19)7-9-20-10-8-16/h4-6,11-12,19H,7-10H2,1-3H3. The molecule has 20 heavy (non-hydrogen) atoms. The molecule has 1 saturated heterocycles. The van der Waals surface area contributed by atoms with Crippen molar-refractivity contribution < 1.29 is 9.90 Å². The van der Waals surface area contributed by atoms with Gasteiger partial charge in [0.25, 0.3) is 5.91 Å². The summed E-state index contributed by atoms with van der Waals surface area (Å²) in [6.45, 7) is 4.26. The van der Waals surface area contributed by atoms with Crippen molar-refractivity contribution >= 4 is 23.4 Å². The zero-order valence-electron chi connectivity index (χ0n) is 12.4. The van der Waals surface area contributed by atoms with Crippen LogP contribution in [0.15, 0.2) is 24.3 Å². The van der Waals surface area contributed by atoms with Gasteiger partial charge in [-0.3, -0.25) is 4.79 Å². The van der Waals surface area contributed by atoms with Gasteiger partial charge in [0.1, 0.15) is 5.60 Å². The quantitative estimate of drug-likeness (QED) is 0.931. The number of likely N-dealkylation sites (N-methyl/N-ethyl adjacent to an activating group) is 1. The minimum absolute atomic E-state index is 0.182. The molecule has 4 heteroatoms. The molecule has 0 aliphatic carbocycles. The van der Waals surface area contributed by atoms with E-state index in [1.165, 1.54) is 5.56 Å². The fourth-order valence-electron chi connectivity index (χ4n) is 2.44. The van der Waals surface area contributed by atoms with E-state index in [0.29, 0.717) is 18.8 Å². The summed E-state index contributed by atoms with van der Waals surface area (Å²) in [6.07, 6.45) is 1.09. The molecule has 0 unspecified atom stereocenters. The Kier molecular flexibility index (Phi) is 4.76. The second kappa shape index (κ2) is 6.19. The number of hydrogen-bond donors (Lipinski definition) is 1. The number of benzene rings is 1. The van der Waals surface area contributed by atoms with Gasteiger partial charge < -0.3 is 10.0 Å². The monoisotopic (exact) mass is 293 g/mol. The van der Waals surface area contributed by atoms with Gasteiger partial charge in [-0.05, 0) is 48.0 Å². The van der Waals surface area contributed by atoms with Crippen LogP contribution in [0.1, 0.15) is 38.2 Å². The molecule has 110 valence electrons. The Morgan fingerprint density at radius 1 is 1.35 bits per heavy atom. The number of nitrogens with zero attached hydrogens (tertiary/aromatic N) is 1. The molecule has 1 aliphatic heterocycles. The molecule has 1 N–H and O–H groups in total. The van der Waals surface area contributed by atoms with E-state index >= 15 is 0 Å². The minimum Gasteiger partial charge on any atom is -0.380 e. The highest BCUT2D eigenvalue weighted by molar-refractivity contribution is 7.99. The van der Waals surface area contributed by atoms with Crippen LogP contribution >= 0.6 is 11.8 Å². The summed E-state index contributed by atoms with van der Waals surface area (Å²) >= 11 is 1.80. The molecule has 0 bridgehead atoms. The number of amides is 1. The fraction of sp³-hybridized carbons (Fsp3) is 0.562. The minimum atomic E-state index is -1.19. The van der Waals surface area contributed by atoms with Gasteiger partial charge in [-0.25, -0.2) is 0 Å². The Hall–Kier alpha value is -1.00. The number of aliphatic hydroxyl groups is 1. The summed E-state index contributed by atoms with van der Waals surface area (Å²) in [5.74, 6) is 1.94. The van der Waals surface area contributed by atoms with Crippen molar-refractivity contribution in [1.82, 2.24) is 0 Å². The fourth-order valence-corrected chi connectivity index (χ4v) is 3.61. The van der Waals surface area contributed by atoms with Crippen LogP contribution in [-0.4, -0.2) is 35.2 Å². The summed E-state index contributed by atoms with van der Waals surface area (Å²) in [6, 6.07) is 7.99. The SMILES string of the molecule is CC(C)c1cccc(N(C)C(=O)C2(O)CCSCC2)c1. The lowest BCUT2D eigenvalue weighted by Crippen LogP contribution is -2.50. The maximum absolute atomic E-state index is 12.6. The Morgan fingerprint density at radius 3 is 2.60 bits per heavy atom. The van der Waals surface area contributed by atoms with Gasteiger partial charge in [0, 0.05) is 12.7 Å². The topological polar surface area (TPSA) is 40.5 Å². The number of carbonyl (C=O) groups excluding carboxylic acids is 1. The van der Waals surface area contributed by atoms with Crippen LogP contribution < -0.4 is 4.90 Å². The van der Waals surface area contributed by atoms with Gasteiger partial charge in [-0.1, -0.05) is 26.0 Å². The Bertz CT molecular complexity index is 481. The smallest absolute Gasteiger partial charge is 0.258 e. The number of anilines is 1. The van der Waals surface area contributed by atoms with Crippen LogP contribution in [0.25, 0.3) is 0 Å². The summed E-state index contributed by atoms with van der Waals surface area (Å²) in [7, 11) is 1.75. The van der Waals surface area contributed by atoms with Gasteiger partial charge in [0.05, 0.1) is 0 Å². The van der Waals surface area contributed by atoms with Crippen LogP contribution in [0.3, 0.4) is 0 Å². The maximum atomic E-state index is 12.6. The van der Waals surface area contributed by atoms with Crippen molar-refractivity contribution in [3.8, 4) is 0 Å². The predicted octanol–water partition coefficient (Wildman–Crippen LogP) is 3.03. The van der Waals surface area contributed by atoms with Gasteiger partial charge in [0.2, 0.25) is 0 Å². The zero-order chi connectivity index (χ0) is 14.8. The molecule has 0 aromatic heterocycles. The number of hydrogen-bond acceptors (Lipinski definition) is 3. The first-order valence-electron chi connectivity index (χ1n) is 7.12. The highest BCUT2D eigenvalue weighted by Crippen LogP contribution is 2.30. The van der Waals surface area contributed by atoms with Gasteiger partial charge in [-0.2, -0.15) is 11.8 Å². The molecule has 0 radical (unpaired) electrons. The average molecular weight is 293 g/mol. The molecular weight excluding hydrogens is 270 g/mol. The van der Waals surface area contributed by atoms with Gasteiger partial charge in [0.15, 0.2) is 0 Å². The van der Waals surface area contributed by atoms with Crippen LogP contribution in [0.5, 0.6) is 0 Å². The summed E-state index contributed by atoms with van der Waals surface area (Å²) in [5.41, 5.74) is 0.870. The number of carbonyl (C=O) groups is 1. The van der Waals surface area contributed by atoms with Crippen LogP contribution in [-0.2, 0) is 4.79 Å². The Labute approximate surface area is 125 Å². The molecule has 1 fully saturated rings. The van der Waals surface area contributed by atoms with Gasteiger partial charge >= 0.3 is 0 Å². The summed E-state index contributed by atoms with van der Waals surface area (Å²) in [5, 5.41) is 10.5. The van der Waals surface area contributed by atoms with Crippen molar-refractivity contribution in [2.24, 2.45) is 0 Å². The third-order valence-corrected chi connectivity index (χ3v) is 4.93. The molecule has 1 aromatic carbocycles. The third kappa shape index (κ3) is 3.18. The second-order valence-electron chi connectivity index (χ2n) is 5.76. The number of thioether (sulfide) groups is 1. The molecule has 0 atom stereocenters. The molecule has 1 aromatic rings. The first kappa shape index (κ1) is 15.4. The molecule has 1 aliphatic rings. The molecule has 0 spiro atoms. The molecule has 1 amide bonds. The predicted molar refractivity (Wildman–Crippen MR) is 85.4 cm³/mol. The molecule has 0 saturated carbocycles. The van der Waals surface area contributed by atoms with E-state index in [4.69, 9.17) is 0 Å². The Morgan fingerprint density at radius 2 is 2.00 bits per heavy atom. The Balaban J connectivity index is 2.19. The third-order valence-electron chi connectivity index (χ3n) is 3.95. The average Bonchev–Trinajstić information content (AvgIpc) is 2.46. The van der Waals surface area contributed by atoms with Crippen molar-refractivity contribution in [1.29, 1.82) is 0 Å². The van der Waals surface area contributed by atoms with Crippen molar-refractivity contribution in [2.45, 2.75) is 38.2 Å². The highest BCUT2D eigenvalue weighted by Gasteiger charge is 2.39. The zero-order valence-corrected chi connectivity index (χ0v) is 13.2. The summed E-state index contributed by atoms with van der Waals surface area (Å²) in [4.78, 5) is 14.2. The van der Waals surface area contributed by atoms with Crippen LogP contribution in [0.4, 0.5) is 5.69 Å². The number of rotatable bonds is 3. The highest BCUT2D eigenvalue weighted by atomic mass is 32.2. The van der Waals surface area contributed by atoms with E-state index < -0.39 is 5.60 Å². The molecule has 3 nitrogen and oxygen atoms in total. The molecule has 1 heterocycles. The van der Waals surface area contributed by atoms with Gasteiger partial charge in [-0.15, -0.1) is 0 Å². The van der Waals surface area contributed by atoms with Crippen LogP contribution in [0, 0.1) is 0 Å². The first-order valence-corrected chi connectivity index (χ1v) is 8.28. The first-order chi connectivity index (χ1) is 9.44.